The second-order valence-electron chi connectivity index (χ2n) is 7.27. The van der Waals surface area contributed by atoms with Gasteiger partial charge in [-0.15, -0.1) is 0 Å². The van der Waals surface area contributed by atoms with Crippen LogP contribution in [0.25, 0.3) is 0 Å². The van der Waals surface area contributed by atoms with Crippen molar-refractivity contribution in [2.75, 3.05) is 19.8 Å². The van der Waals surface area contributed by atoms with Gasteiger partial charge in [0.05, 0.1) is 6.54 Å². The molecule has 2 heterocycles. The zero-order valence-corrected chi connectivity index (χ0v) is 15.2. The maximum atomic E-state index is 13.0. The van der Waals surface area contributed by atoms with Gasteiger partial charge in [-0.05, 0) is 30.9 Å². The minimum Gasteiger partial charge on any atom is -0.488 e. The molecule has 2 aliphatic heterocycles. The first-order chi connectivity index (χ1) is 12.5. The number of benzene rings is 1. The van der Waals surface area contributed by atoms with Crippen LogP contribution in [0, 0.1) is 11.8 Å². The van der Waals surface area contributed by atoms with Gasteiger partial charge in [-0.25, -0.2) is 5.48 Å². The third-order valence-corrected chi connectivity index (χ3v) is 5.10. The highest BCUT2D eigenvalue weighted by molar-refractivity contribution is 5.93. The molecule has 3 rings (SSSR count). The lowest BCUT2D eigenvalue weighted by atomic mass is 9.97. The first kappa shape index (κ1) is 18.7. The van der Waals surface area contributed by atoms with Crippen LogP contribution >= 0.6 is 0 Å². The van der Waals surface area contributed by atoms with E-state index in [0.29, 0.717) is 37.6 Å². The van der Waals surface area contributed by atoms with Gasteiger partial charge >= 0.3 is 0 Å². The van der Waals surface area contributed by atoms with Gasteiger partial charge in [0.15, 0.2) is 0 Å². The van der Waals surface area contributed by atoms with E-state index >= 15 is 0 Å². The van der Waals surface area contributed by atoms with Gasteiger partial charge < -0.3 is 14.4 Å². The average Bonchev–Trinajstić information content (AvgIpc) is 2.86. The van der Waals surface area contributed by atoms with Crippen LogP contribution in [-0.4, -0.2) is 47.8 Å². The zero-order valence-electron chi connectivity index (χ0n) is 15.2. The average molecular weight is 362 g/mol. The Hall–Kier alpha value is -2.12. The molecule has 2 amide bonds. The summed E-state index contributed by atoms with van der Waals surface area (Å²) < 4.78 is 11.5. The molecule has 2 aliphatic rings. The van der Waals surface area contributed by atoms with Crippen molar-refractivity contribution >= 4 is 11.8 Å². The van der Waals surface area contributed by atoms with Crippen molar-refractivity contribution in [3.8, 4) is 5.75 Å². The number of nitrogens with one attached hydrogen (secondary N) is 1. The molecule has 7 nitrogen and oxygen atoms in total. The summed E-state index contributed by atoms with van der Waals surface area (Å²) in [7, 11) is 0. The molecule has 7 heteroatoms. The molecule has 1 aromatic carbocycles. The van der Waals surface area contributed by atoms with E-state index in [2.05, 4.69) is 13.8 Å². The summed E-state index contributed by atoms with van der Waals surface area (Å²) in [6.45, 7) is 6.34. The number of carbonyl (C=O) groups is 2. The van der Waals surface area contributed by atoms with E-state index in [4.69, 9.17) is 14.7 Å². The van der Waals surface area contributed by atoms with E-state index in [9.17, 15) is 9.59 Å². The molecule has 2 N–H and O–H groups in total. The highest BCUT2D eigenvalue weighted by Crippen LogP contribution is 2.30. The van der Waals surface area contributed by atoms with Gasteiger partial charge in [0.1, 0.15) is 11.9 Å². The summed E-state index contributed by atoms with van der Waals surface area (Å²) in [6, 6.07) is 5.03. The number of rotatable bonds is 3. The first-order valence-corrected chi connectivity index (χ1v) is 9.10. The van der Waals surface area contributed by atoms with Crippen molar-refractivity contribution in [3.63, 3.8) is 0 Å². The van der Waals surface area contributed by atoms with Gasteiger partial charge in [-0.3, -0.25) is 14.8 Å². The monoisotopic (exact) mass is 362 g/mol. The van der Waals surface area contributed by atoms with Crippen molar-refractivity contribution < 1.29 is 24.3 Å². The Bertz CT molecular complexity index is 670. The fraction of sp³-hybridized carbons (Fsp3) is 0.579. The second kappa shape index (κ2) is 8.05. The van der Waals surface area contributed by atoms with Crippen LogP contribution in [0.2, 0.25) is 0 Å². The molecule has 0 radical (unpaired) electrons. The van der Waals surface area contributed by atoms with E-state index in [-0.39, 0.29) is 23.8 Å². The number of hydrogen-bond acceptors (Lipinski definition) is 5. The lowest BCUT2D eigenvalue weighted by molar-refractivity contribution is -0.140. The topological polar surface area (TPSA) is 88.1 Å². The molecule has 142 valence electrons. The van der Waals surface area contributed by atoms with E-state index in [0.717, 1.165) is 18.4 Å². The van der Waals surface area contributed by atoms with Crippen LogP contribution in [0.5, 0.6) is 5.75 Å². The van der Waals surface area contributed by atoms with Crippen LogP contribution in [-0.2, 0) is 16.1 Å². The lowest BCUT2D eigenvalue weighted by Gasteiger charge is -2.30. The molecule has 1 saturated heterocycles. The summed E-state index contributed by atoms with van der Waals surface area (Å²) in [5.74, 6) is 0.357. The van der Waals surface area contributed by atoms with Crippen molar-refractivity contribution in [2.45, 2.75) is 39.3 Å². The predicted molar refractivity (Wildman–Crippen MR) is 93.9 cm³/mol. The highest BCUT2D eigenvalue weighted by Gasteiger charge is 2.32. The van der Waals surface area contributed by atoms with Gasteiger partial charge in [0.2, 0.25) is 5.91 Å². The fourth-order valence-electron chi connectivity index (χ4n) is 3.41. The Morgan fingerprint density at radius 2 is 2.00 bits per heavy atom. The van der Waals surface area contributed by atoms with Crippen molar-refractivity contribution in [1.82, 2.24) is 10.4 Å². The molecular weight excluding hydrogens is 336 g/mol. The number of nitrogens with zero attached hydrogens (tertiary/aromatic N) is 1. The van der Waals surface area contributed by atoms with E-state index in [1.165, 1.54) is 0 Å². The Balaban J connectivity index is 1.87. The maximum absolute atomic E-state index is 13.0. The Morgan fingerprint density at radius 1 is 1.27 bits per heavy atom. The smallest absolute Gasteiger partial charge is 0.274 e. The van der Waals surface area contributed by atoms with Gasteiger partial charge in [0, 0.05) is 36.8 Å². The summed E-state index contributed by atoms with van der Waals surface area (Å²) in [5.41, 5.74) is 2.82. The molecule has 1 atom stereocenters. The second-order valence-corrected chi connectivity index (χ2v) is 7.27. The van der Waals surface area contributed by atoms with E-state index in [1.807, 2.05) is 4.90 Å². The number of fused-ring (bicyclic) bond motifs is 1. The number of hydrogen-bond donors (Lipinski definition) is 2. The van der Waals surface area contributed by atoms with Gasteiger partial charge in [-0.2, -0.15) is 0 Å². The molecule has 1 aromatic rings. The van der Waals surface area contributed by atoms with Crippen LogP contribution < -0.4 is 10.2 Å². The first-order valence-electron chi connectivity index (χ1n) is 9.10. The number of hydroxylamine groups is 1. The van der Waals surface area contributed by atoms with E-state index < -0.39 is 5.91 Å². The number of ether oxygens (including phenoxy) is 2. The predicted octanol–water partition coefficient (Wildman–Crippen LogP) is 1.98. The zero-order chi connectivity index (χ0) is 18.7. The third-order valence-electron chi connectivity index (χ3n) is 5.10. The number of carbonyl (C=O) groups excluding carboxylic acids is 2. The quantitative estimate of drug-likeness (QED) is 0.634. The van der Waals surface area contributed by atoms with Crippen molar-refractivity contribution in [1.29, 1.82) is 0 Å². The molecule has 0 spiro atoms. The Kier molecular flexibility index (Phi) is 5.78. The van der Waals surface area contributed by atoms with Gasteiger partial charge in [0.25, 0.3) is 5.91 Å². The SMILES string of the molecule is CC(C)[C@@H]1CN(C(=O)C2CCOCC2)Cc2ccc(C(=O)NO)cc2O1. The van der Waals surface area contributed by atoms with Crippen LogP contribution in [0.1, 0.15) is 42.6 Å². The summed E-state index contributed by atoms with van der Waals surface area (Å²) >= 11 is 0. The van der Waals surface area contributed by atoms with Crippen LogP contribution in [0.4, 0.5) is 0 Å². The van der Waals surface area contributed by atoms with Crippen LogP contribution in [0.15, 0.2) is 18.2 Å². The van der Waals surface area contributed by atoms with Crippen molar-refractivity contribution in [3.05, 3.63) is 29.3 Å². The largest absolute Gasteiger partial charge is 0.488 e. The number of amides is 2. The molecule has 0 bridgehead atoms. The minimum atomic E-state index is -0.586. The molecule has 0 aromatic heterocycles. The molecular formula is C19H26N2O5. The molecule has 1 fully saturated rings. The normalized spacial score (nSPS) is 20.9. The van der Waals surface area contributed by atoms with Crippen molar-refractivity contribution in [2.24, 2.45) is 11.8 Å². The maximum Gasteiger partial charge on any atom is 0.274 e. The Morgan fingerprint density at radius 3 is 2.65 bits per heavy atom. The van der Waals surface area contributed by atoms with Gasteiger partial charge in [-0.1, -0.05) is 19.9 Å². The molecule has 0 unspecified atom stereocenters. The minimum absolute atomic E-state index is 0.00227. The highest BCUT2D eigenvalue weighted by atomic mass is 16.5. The Labute approximate surface area is 153 Å². The molecule has 0 aliphatic carbocycles. The van der Waals surface area contributed by atoms with Crippen LogP contribution in [0.3, 0.4) is 0 Å². The third kappa shape index (κ3) is 3.99. The summed E-state index contributed by atoms with van der Waals surface area (Å²) in [6.07, 6.45) is 1.35. The summed E-state index contributed by atoms with van der Waals surface area (Å²) in [5, 5.41) is 8.84. The lowest BCUT2D eigenvalue weighted by Crippen LogP contribution is -2.43. The molecule has 0 saturated carbocycles. The standard InChI is InChI=1S/C19H26N2O5/c1-12(2)17-11-21(19(23)13-5-7-25-8-6-13)10-15-4-3-14(18(22)20-24)9-16(15)26-17/h3-4,9,12-13,17,24H,5-8,10-11H2,1-2H3,(H,20,22)/t17-/m0/s1. The fourth-order valence-corrected chi connectivity index (χ4v) is 3.41. The van der Waals surface area contributed by atoms with E-state index in [1.54, 1.807) is 23.7 Å². The molecule has 26 heavy (non-hydrogen) atoms. The summed E-state index contributed by atoms with van der Waals surface area (Å²) in [4.78, 5) is 26.6.